The van der Waals surface area contributed by atoms with Crippen molar-refractivity contribution in [3.8, 4) is 0 Å². The van der Waals surface area contributed by atoms with Crippen LogP contribution in [0.25, 0.3) is 0 Å². The van der Waals surface area contributed by atoms with E-state index in [0.717, 1.165) is 18.5 Å². The molecule has 0 aliphatic rings. The number of aromatic nitrogens is 2. The number of amides is 1. The second-order valence-corrected chi connectivity index (χ2v) is 5.56. The first kappa shape index (κ1) is 17.6. The van der Waals surface area contributed by atoms with Gasteiger partial charge in [-0.15, -0.1) is 0 Å². The van der Waals surface area contributed by atoms with E-state index in [4.69, 9.17) is 0 Å². The highest BCUT2D eigenvalue weighted by Crippen LogP contribution is 2.17. The predicted molar refractivity (Wildman–Crippen MR) is 93.7 cm³/mol. The number of nitrogens with zero attached hydrogens (tertiary/aromatic N) is 2. The molecule has 0 aliphatic carbocycles. The molecule has 1 aromatic heterocycles. The number of unbranched alkanes of at least 4 members (excludes halogenated alkanes) is 1. The molecule has 126 valence electrons. The van der Waals surface area contributed by atoms with Crippen LogP contribution in [0.4, 0.5) is 11.5 Å². The Hall–Kier alpha value is -2.76. The molecule has 2 N–H and O–H groups in total. The molecule has 0 fully saturated rings. The van der Waals surface area contributed by atoms with Crippen molar-refractivity contribution >= 4 is 23.2 Å². The minimum absolute atomic E-state index is 0.00601. The molecule has 0 saturated heterocycles. The van der Waals surface area contributed by atoms with Crippen molar-refractivity contribution in [1.29, 1.82) is 0 Å². The minimum Gasteiger partial charge on any atom is -0.351 e. The molecule has 6 heteroatoms. The number of hydrogen-bond acceptors (Lipinski definition) is 5. The van der Waals surface area contributed by atoms with Gasteiger partial charge < -0.3 is 10.6 Å². The lowest BCUT2D eigenvalue weighted by Crippen LogP contribution is -2.25. The van der Waals surface area contributed by atoms with Crippen LogP contribution in [-0.2, 0) is 0 Å². The average Bonchev–Trinajstić information content (AvgIpc) is 2.54. The number of Topliss-reactive ketones (excluding diaryl/α,β-unsaturated/α-hetero) is 1. The topological polar surface area (TPSA) is 84.0 Å². The van der Waals surface area contributed by atoms with Crippen molar-refractivity contribution < 1.29 is 9.59 Å². The number of nitrogens with one attached hydrogen (secondary N) is 2. The fraction of sp³-hybridized carbons (Fsp3) is 0.333. The molecule has 0 saturated carbocycles. The molecule has 6 nitrogen and oxygen atoms in total. The van der Waals surface area contributed by atoms with E-state index in [-0.39, 0.29) is 11.7 Å². The minimum atomic E-state index is -0.213. The third-order valence-corrected chi connectivity index (χ3v) is 3.43. The maximum atomic E-state index is 12.1. The van der Waals surface area contributed by atoms with Crippen LogP contribution < -0.4 is 10.6 Å². The molecule has 1 amide bonds. The molecule has 2 rings (SSSR count). The van der Waals surface area contributed by atoms with E-state index in [0.29, 0.717) is 29.4 Å². The van der Waals surface area contributed by atoms with Gasteiger partial charge in [0, 0.05) is 23.9 Å². The van der Waals surface area contributed by atoms with Crippen LogP contribution in [0.5, 0.6) is 0 Å². The quantitative estimate of drug-likeness (QED) is 0.602. The molecule has 2 aromatic rings. The van der Waals surface area contributed by atoms with E-state index in [1.54, 1.807) is 31.2 Å². The Morgan fingerprint density at radius 2 is 1.96 bits per heavy atom. The van der Waals surface area contributed by atoms with E-state index >= 15 is 0 Å². The first-order chi connectivity index (χ1) is 11.5. The Bertz CT molecular complexity index is 744. The largest absolute Gasteiger partial charge is 0.351 e. The van der Waals surface area contributed by atoms with Crippen LogP contribution in [-0.4, -0.2) is 28.2 Å². The number of carbonyl (C=O) groups excluding carboxylic acids is 2. The van der Waals surface area contributed by atoms with Gasteiger partial charge in [-0.3, -0.25) is 9.59 Å². The Morgan fingerprint density at radius 1 is 1.17 bits per heavy atom. The molecule has 0 aliphatic heterocycles. The lowest BCUT2D eigenvalue weighted by atomic mass is 10.1. The summed E-state index contributed by atoms with van der Waals surface area (Å²) in [7, 11) is 0. The zero-order valence-electron chi connectivity index (χ0n) is 14.2. The van der Waals surface area contributed by atoms with Gasteiger partial charge in [-0.25, -0.2) is 9.97 Å². The highest BCUT2D eigenvalue weighted by molar-refractivity contribution is 5.95. The fourth-order valence-corrected chi connectivity index (χ4v) is 2.18. The Balaban J connectivity index is 2.17. The zero-order chi connectivity index (χ0) is 17.5. The normalized spacial score (nSPS) is 10.3. The average molecular weight is 326 g/mol. The van der Waals surface area contributed by atoms with Crippen LogP contribution in [0.1, 0.15) is 53.4 Å². The summed E-state index contributed by atoms with van der Waals surface area (Å²) in [5, 5.41) is 5.96. The molecule has 0 atom stereocenters. The summed E-state index contributed by atoms with van der Waals surface area (Å²) in [5.41, 5.74) is 1.67. The molecule has 1 heterocycles. The lowest BCUT2D eigenvalue weighted by Gasteiger charge is -2.10. The van der Waals surface area contributed by atoms with Gasteiger partial charge in [0.2, 0.25) is 0 Å². The van der Waals surface area contributed by atoms with E-state index in [9.17, 15) is 9.59 Å². The Morgan fingerprint density at radius 3 is 2.67 bits per heavy atom. The molecule has 1 aromatic carbocycles. The standard InChI is InChI=1S/C18H22N4O2/c1-4-5-9-19-18(24)16-11-17(21-13(3)20-16)22-15-8-6-7-14(10-15)12(2)23/h6-8,10-11H,4-5,9H2,1-3H3,(H,19,24)(H,20,21,22). The summed E-state index contributed by atoms with van der Waals surface area (Å²) in [6.07, 6.45) is 1.95. The number of aryl methyl sites for hydroxylation is 1. The van der Waals surface area contributed by atoms with Crippen LogP contribution in [0, 0.1) is 6.92 Å². The number of anilines is 2. The summed E-state index contributed by atoms with van der Waals surface area (Å²) < 4.78 is 0. The molecule has 0 radical (unpaired) electrons. The number of rotatable bonds is 7. The lowest BCUT2D eigenvalue weighted by molar-refractivity contribution is 0.0947. The number of carbonyl (C=O) groups is 2. The third-order valence-electron chi connectivity index (χ3n) is 3.43. The predicted octanol–water partition coefficient (Wildman–Crippen LogP) is 3.26. The SMILES string of the molecule is CCCCNC(=O)c1cc(Nc2cccc(C(C)=O)c2)nc(C)n1. The summed E-state index contributed by atoms with van der Waals surface area (Å²) in [5.74, 6) is 0.801. The van der Waals surface area contributed by atoms with E-state index < -0.39 is 0 Å². The van der Waals surface area contributed by atoms with Gasteiger partial charge in [-0.05, 0) is 32.4 Å². The smallest absolute Gasteiger partial charge is 0.270 e. The Kier molecular flexibility index (Phi) is 6.01. The van der Waals surface area contributed by atoms with Gasteiger partial charge in [0.1, 0.15) is 17.3 Å². The highest BCUT2D eigenvalue weighted by atomic mass is 16.1. The summed E-state index contributed by atoms with van der Waals surface area (Å²) in [4.78, 5) is 32.1. The molecular weight excluding hydrogens is 304 g/mol. The maximum absolute atomic E-state index is 12.1. The molecule has 0 unspecified atom stereocenters. The van der Waals surface area contributed by atoms with Gasteiger partial charge in [-0.1, -0.05) is 25.5 Å². The first-order valence-electron chi connectivity index (χ1n) is 8.01. The van der Waals surface area contributed by atoms with Crippen LogP contribution in [0.15, 0.2) is 30.3 Å². The molecule has 24 heavy (non-hydrogen) atoms. The van der Waals surface area contributed by atoms with E-state index in [1.807, 2.05) is 6.07 Å². The van der Waals surface area contributed by atoms with Crippen molar-refractivity contribution in [1.82, 2.24) is 15.3 Å². The molecule has 0 bridgehead atoms. The van der Waals surface area contributed by atoms with Crippen LogP contribution in [0.2, 0.25) is 0 Å². The van der Waals surface area contributed by atoms with Crippen LogP contribution in [0.3, 0.4) is 0 Å². The first-order valence-corrected chi connectivity index (χ1v) is 8.01. The van der Waals surface area contributed by atoms with Crippen molar-refractivity contribution in [2.75, 3.05) is 11.9 Å². The number of hydrogen-bond donors (Lipinski definition) is 2. The Labute approximate surface area is 141 Å². The molecule has 0 spiro atoms. The summed E-state index contributed by atoms with van der Waals surface area (Å²) in [6.45, 7) is 5.95. The molecular formula is C18H22N4O2. The van der Waals surface area contributed by atoms with Gasteiger partial charge in [0.05, 0.1) is 0 Å². The second-order valence-electron chi connectivity index (χ2n) is 5.56. The van der Waals surface area contributed by atoms with Gasteiger partial charge in [-0.2, -0.15) is 0 Å². The number of ketones is 1. The highest BCUT2D eigenvalue weighted by Gasteiger charge is 2.10. The van der Waals surface area contributed by atoms with E-state index in [2.05, 4.69) is 27.5 Å². The summed E-state index contributed by atoms with van der Waals surface area (Å²) in [6, 6.07) is 8.75. The van der Waals surface area contributed by atoms with Gasteiger partial charge in [0.15, 0.2) is 5.78 Å². The zero-order valence-corrected chi connectivity index (χ0v) is 14.2. The second kappa shape index (κ2) is 8.19. The fourth-order valence-electron chi connectivity index (χ4n) is 2.18. The van der Waals surface area contributed by atoms with Crippen LogP contribution >= 0.6 is 0 Å². The monoisotopic (exact) mass is 326 g/mol. The third kappa shape index (κ3) is 4.87. The van der Waals surface area contributed by atoms with Crippen molar-refractivity contribution in [2.24, 2.45) is 0 Å². The van der Waals surface area contributed by atoms with Crippen molar-refractivity contribution in [2.45, 2.75) is 33.6 Å². The maximum Gasteiger partial charge on any atom is 0.270 e. The van der Waals surface area contributed by atoms with Gasteiger partial charge in [0.25, 0.3) is 5.91 Å². The van der Waals surface area contributed by atoms with Gasteiger partial charge >= 0.3 is 0 Å². The van der Waals surface area contributed by atoms with Crippen molar-refractivity contribution in [3.63, 3.8) is 0 Å². The van der Waals surface area contributed by atoms with E-state index in [1.165, 1.54) is 6.92 Å². The number of benzene rings is 1. The van der Waals surface area contributed by atoms with Crippen molar-refractivity contribution in [3.05, 3.63) is 47.4 Å². The summed E-state index contributed by atoms with van der Waals surface area (Å²) >= 11 is 0.